The molecule has 0 amide bonds. The zero-order valence-electron chi connectivity index (χ0n) is 15.7. The fourth-order valence-electron chi connectivity index (χ4n) is 6.54. The standard InChI is InChI=1S/C22H27N3O/c1-21-9-7-16(24-26)13-15(21)3-4-17-18-5-6-20(25-12-11-23-14-25)22(18,2)10-8-19(17)21/h5-6,11-14,16-17,19H,3-4,7-10H2,1-2H3. The largest absolute Gasteiger partial charge is 0.309 e. The van der Waals surface area contributed by atoms with Crippen molar-refractivity contribution in [3.8, 4) is 0 Å². The van der Waals surface area contributed by atoms with Gasteiger partial charge in [0, 0.05) is 23.5 Å². The van der Waals surface area contributed by atoms with Gasteiger partial charge in [-0.05, 0) is 61.9 Å². The summed E-state index contributed by atoms with van der Waals surface area (Å²) >= 11 is 0. The van der Waals surface area contributed by atoms with Crippen LogP contribution in [0.1, 0.15) is 52.4 Å². The molecule has 0 aliphatic heterocycles. The molecule has 4 heteroatoms. The number of rotatable bonds is 2. The van der Waals surface area contributed by atoms with Crippen LogP contribution in [0.3, 0.4) is 0 Å². The van der Waals surface area contributed by atoms with Crippen molar-refractivity contribution in [3.63, 3.8) is 0 Å². The second-order valence-electron chi connectivity index (χ2n) is 9.09. The molecule has 4 nitrogen and oxygen atoms in total. The minimum absolute atomic E-state index is 0.0938. The molecule has 0 saturated heterocycles. The number of nitrogens with zero attached hydrogens (tertiary/aromatic N) is 3. The molecule has 0 spiro atoms. The van der Waals surface area contributed by atoms with Crippen molar-refractivity contribution >= 4 is 5.70 Å². The molecule has 0 radical (unpaired) electrons. The molecule has 4 aliphatic carbocycles. The number of hydrogen-bond acceptors (Lipinski definition) is 3. The molecule has 2 saturated carbocycles. The Morgan fingerprint density at radius 3 is 2.85 bits per heavy atom. The Balaban J connectivity index is 1.48. The molecular formula is C22H27N3O. The Labute approximate surface area is 155 Å². The van der Waals surface area contributed by atoms with Crippen LogP contribution in [-0.2, 0) is 0 Å². The van der Waals surface area contributed by atoms with Crippen LogP contribution in [-0.4, -0.2) is 15.6 Å². The van der Waals surface area contributed by atoms with E-state index in [0.717, 1.165) is 19.3 Å². The van der Waals surface area contributed by atoms with Gasteiger partial charge in [0.2, 0.25) is 0 Å². The van der Waals surface area contributed by atoms with E-state index in [1.807, 2.05) is 12.5 Å². The lowest BCUT2D eigenvalue weighted by atomic mass is 9.49. The zero-order chi connectivity index (χ0) is 17.9. The molecule has 0 aromatic carbocycles. The fraction of sp³-hybridized carbons (Fsp3) is 0.591. The normalized spacial score (nSPS) is 41.3. The van der Waals surface area contributed by atoms with E-state index in [2.05, 4.69) is 53.0 Å². The lowest BCUT2D eigenvalue weighted by Gasteiger charge is -2.56. The number of allylic oxidation sites excluding steroid dienone is 5. The second-order valence-corrected chi connectivity index (χ2v) is 9.09. The maximum absolute atomic E-state index is 11.0. The van der Waals surface area contributed by atoms with Crippen LogP contribution < -0.4 is 0 Å². The van der Waals surface area contributed by atoms with Crippen molar-refractivity contribution in [3.05, 3.63) is 53.0 Å². The summed E-state index contributed by atoms with van der Waals surface area (Å²) in [5.41, 5.74) is 4.92. The third-order valence-corrected chi connectivity index (χ3v) is 8.01. The van der Waals surface area contributed by atoms with Gasteiger partial charge in [-0.15, -0.1) is 0 Å². The zero-order valence-corrected chi connectivity index (χ0v) is 15.7. The summed E-state index contributed by atoms with van der Waals surface area (Å²) in [6.45, 7) is 4.88. The summed E-state index contributed by atoms with van der Waals surface area (Å²) < 4.78 is 2.20. The first-order valence-corrected chi connectivity index (χ1v) is 10.0. The molecule has 5 rings (SSSR count). The molecule has 1 aromatic heterocycles. The third-order valence-electron chi connectivity index (χ3n) is 8.01. The first kappa shape index (κ1) is 16.2. The highest BCUT2D eigenvalue weighted by molar-refractivity contribution is 5.66. The summed E-state index contributed by atoms with van der Waals surface area (Å²) in [4.78, 5) is 15.3. The predicted molar refractivity (Wildman–Crippen MR) is 103 cm³/mol. The van der Waals surface area contributed by atoms with Crippen molar-refractivity contribution in [1.82, 2.24) is 9.55 Å². The van der Waals surface area contributed by atoms with Gasteiger partial charge in [-0.2, -0.15) is 4.91 Å². The van der Waals surface area contributed by atoms with E-state index < -0.39 is 0 Å². The van der Waals surface area contributed by atoms with E-state index in [1.54, 1.807) is 5.57 Å². The Hall–Kier alpha value is -1.97. The molecule has 2 fully saturated rings. The van der Waals surface area contributed by atoms with Crippen LogP contribution >= 0.6 is 0 Å². The van der Waals surface area contributed by atoms with Crippen molar-refractivity contribution in [2.24, 2.45) is 27.8 Å². The minimum Gasteiger partial charge on any atom is -0.309 e. The Morgan fingerprint density at radius 2 is 2.08 bits per heavy atom. The number of nitroso groups, excluding NO2 is 1. The number of fused-ring (bicyclic) bond motifs is 5. The van der Waals surface area contributed by atoms with Crippen LogP contribution in [0.15, 0.2) is 53.3 Å². The molecule has 0 N–H and O–H groups in total. The van der Waals surface area contributed by atoms with Crippen LogP contribution in [0.4, 0.5) is 0 Å². The van der Waals surface area contributed by atoms with E-state index in [9.17, 15) is 4.91 Å². The average Bonchev–Trinajstić information content (AvgIpc) is 3.27. The van der Waals surface area contributed by atoms with Gasteiger partial charge in [-0.3, -0.25) is 0 Å². The minimum atomic E-state index is -0.0938. The van der Waals surface area contributed by atoms with Crippen LogP contribution in [0.5, 0.6) is 0 Å². The highest BCUT2D eigenvalue weighted by Crippen LogP contribution is 2.64. The van der Waals surface area contributed by atoms with Gasteiger partial charge < -0.3 is 4.57 Å². The Kier molecular flexibility index (Phi) is 3.44. The van der Waals surface area contributed by atoms with Gasteiger partial charge in [0.25, 0.3) is 0 Å². The van der Waals surface area contributed by atoms with Crippen molar-refractivity contribution < 1.29 is 0 Å². The first-order valence-electron chi connectivity index (χ1n) is 10.0. The molecular weight excluding hydrogens is 322 g/mol. The molecule has 0 bridgehead atoms. The molecule has 1 aromatic rings. The van der Waals surface area contributed by atoms with E-state index >= 15 is 0 Å². The topological polar surface area (TPSA) is 47.2 Å². The van der Waals surface area contributed by atoms with Gasteiger partial charge in [0.1, 0.15) is 6.04 Å². The summed E-state index contributed by atoms with van der Waals surface area (Å²) in [5.74, 6) is 1.36. The van der Waals surface area contributed by atoms with E-state index in [-0.39, 0.29) is 16.9 Å². The smallest absolute Gasteiger partial charge is 0.110 e. The highest BCUT2D eigenvalue weighted by atomic mass is 16.3. The van der Waals surface area contributed by atoms with Crippen LogP contribution in [0.25, 0.3) is 5.70 Å². The van der Waals surface area contributed by atoms with E-state index in [1.165, 1.54) is 30.5 Å². The van der Waals surface area contributed by atoms with Gasteiger partial charge in [-0.25, -0.2) is 4.98 Å². The van der Waals surface area contributed by atoms with Crippen LogP contribution in [0.2, 0.25) is 0 Å². The summed E-state index contributed by atoms with van der Waals surface area (Å²) in [6, 6.07) is -0.0938. The van der Waals surface area contributed by atoms with Crippen molar-refractivity contribution in [2.75, 3.05) is 0 Å². The Bertz CT molecular complexity index is 834. The van der Waals surface area contributed by atoms with Gasteiger partial charge >= 0.3 is 0 Å². The number of imidazole rings is 1. The lowest BCUT2D eigenvalue weighted by Crippen LogP contribution is -2.47. The van der Waals surface area contributed by atoms with E-state index in [0.29, 0.717) is 11.8 Å². The second kappa shape index (κ2) is 5.51. The molecule has 5 unspecified atom stereocenters. The SMILES string of the molecule is CC12CCC3C(CCC4=CC(N=O)CCC43C)C1=CC=C2n1ccnc1. The maximum Gasteiger partial charge on any atom is 0.110 e. The van der Waals surface area contributed by atoms with Gasteiger partial charge in [-0.1, -0.05) is 42.3 Å². The third kappa shape index (κ3) is 2.04. The quantitative estimate of drug-likeness (QED) is 0.533. The molecule has 1 heterocycles. The van der Waals surface area contributed by atoms with Gasteiger partial charge in [0.05, 0.1) is 6.33 Å². The van der Waals surface area contributed by atoms with Crippen molar-refractivity contribution in [2.45, 2.75) is 58.4 Å². The average molecular weight is 349 g/mol. The first-order chi connectivity index (χ1) is 12.6. The molecule has 26 heavy (non-hydrogen) atoms. The van der Waals surface area contributed by atoms with Gasteiger partial charge in [0.15, 0.2) is 0 Å². The summed E-state index contributed by atoms with van der Waals surface area (Å²) in [5, 5.41) is 3.32. The summed E-state index contributed by atoms with van der Waals surface area (Å²) in [6.07, 6.45) is 19.6. The number of aromatic nitrogens is 2. The maximum atomic E-state index is 11.0. The summed E-state index contributed by atoms with van der Waals surface area (Å²) in [7, 11) is 0. The van der Waals surface area contributed by atoms with E-state index in [4.69, 9.17) is 0 Å². The monoisotopic (exact) mass is 349 g/mol. The Morgan fingerprint density at radius 1 is 1.19 bits per heavy atom. The molecule has 4 aliphatic rings. The molecule has 5 atom stereocenters. The van der Waals surface area contributed by atoms with Crippen molar-refractivity contribution in [1.29, 1.82) is 0 Å². The molecule has 136 valence electrons. The number of hydrogen-bond donors (Lipinski definition) is 0. The predicted octanol–water partition coefficient (Wildman–Crippen LogP) is 5.35. The fourth-order valence-corrected chi connectivity index (χ4v) is 6.54. The van der Waals surface area contributed by atoms with Crippen LogP contribution in [0, 0.1) is 27.6 Å². The lowest BCUT2D eigenvalue weighted by molar-refractivity contribution is 0.0632. The highest BCUT2D eigenvalue weighted by Gasteiger charge is 2.54.